The van der Waals surface area contributed by atoms with Gasteiger partial charge in [-0.05, 0) is 38.3 Å². The van der Waals surface area contributed by atoms with E-state index in [9.17, 15) is 9.59 Å². The van der Waals surface area contributed by atoms with E-state index in [0.29, 0.717) is 30.8 Å². The van der Waals surface area contributed by atoms with Gasteiger partial charge >= 0.3 is 0 Å². The van der Waals surface area contributed by atoms with E-state index in [-0.39, 0.29) is 11.8 Å². The molecule has 1 aromatic carbocycles. The molecule has 0 aliphatic carbocycles. The summed E-state index contributed by atoms with van der Waals surface area (Å²) in [5, 5.41) is 11.9. The van der Waals surface area contributed by atoms with E-state index in [1.807, 2.05) is 11.0 Å². The van der Waals surface area contributed by atoms with Crippen LogP contribution in [0.1, 0.15) is 44.6 Å². The maximum absolute atomic E-state index is 12.1. The Bertz CT molecular complexity index is 639. The van der Waals surface area contributed by atoms with Gasteiger partial charge < -0.3 is 15.0 Å². The first kappa shape index (κ1) is 18.8. The van der Waals surface area contributed by atoms with Crippen molar-refractivity contribution < 1.29 is 14.3 Å². The summed E-state index contributed by atoms with van der Waals surface area (Å²) < 4.78 is 5.58. The third kappa shape index (κ3) is 5.79. The first-order valence-corrected chi connectivity index (χ1v) is 8.83. The van der Waals surface area contributed by atoms with Crippen LogP contribution in [0.3, 0.4) is 0 Å². The topological polar surface area (TPSA) is 82.4 Å². The van der Waals surface area contributed by atoms with Crippen molar-refractivity contribution >= 4 is 11.8 Å². The van der Waals surface area contributed by atoms with Gasteiger partial charge in [0.25, 0.3) is 5.91 Å². The summed E-state index contributed by atoms with van der Waals surface area (Å²) in [6.45, 7) is 3.64. The van der Waals surface area contributed by atoms with E-state index in [2.05, 4.69) is 5.32 Å². The summed E-state index contributed by atoms with van der Waals surface area (Å²) in [6, 6.07) is 8.88. The second-order valence-corrected chi connectivity index (χ2v) is 6.20. The molecule has 2 amide bonds. The largest absolute Gasteiger partial charge is 0.480 e. The maximum Gasteiger partial charge on any atom is 0.260 e. The smallest absolute Gasteiger partial charge is 0.260 e. The van der Waals surface area contributed by atoms with Crippen molar-refractivity contribution in [3.8, 4) is 11.8 Å². The summed E-state index contributed by atoms with van der Waals surface area (Å²) in [5.74, 6) is 0.395. The van der Waals surface area contributed by atoms with Crippen LogP contribution in [0.2, 0.25) is 0 Å². The van der Waals surface area contributed by atoms with Crippen LogP contribution in [-0.4, -0.2) is 42.5 Å². The molecule has 1 aliphatic rings. The molecular formula is C19H25N3O3. The van der Waals surface area contributed by atoms with E-state index in [1.54, 1.807) is 31.2 Å². The highest BCUT2D eigenvalue weighted by atomic mass is 16.5. The molecule has 0 bridgehead atoms. The Morgan fingerprint density at radius 2 is 2.16 bits per heavy atom. The number of benzene rings is 1. The number of nitrogens with zero attached hydrogens (tertiary/aromatic N) is 2. The highest BCUT2D eigenvalue weighted by Gasteiger charge is 2.18. The number of carbonyl (C=O) groups excluding carboxylic acids is 2. The molecule has 1 saturated heterocycles. The molecule has 0 unspecified atom stereocenters. The number of likely N-dealkylation sites (tertiary alicyclic amines) is 1. The average molecular weight is 343 g/mol. The minimum Gasteiger partial charge on any atom is -0.480 e. The SMILES string of the molecule is C[C@H](Oc1ccccc1C#N)C(=O)NCCCN1CCCCCC1=O. The third-order valence-corrected chi connectivity index (χ3v) is 4.26. The van der Waals surface area contributed by atoms with E-state index < -0.39 is 6.10 Å². The molecule has 0 aromatic heterocycles. The van der Waals surface area contributed by atoms with Gasteiger partial charge in [-0.25, -0.2) is 0 Å². The average Bonchev–Trinajstić information content (AvgIpc) is 2.83. The normalized spacial score (nSPS) is 15.8. The number of hydrogen-bond donors (Lipinski definition) is 1. The molecule has 2 rings (SSSR count). The summed E-state index contributed by atoms with van der Waals surface area (Å²) in [6.07, 6.45) is 3.81. The van der Waals surface area contributed by atoms with Crippen molar-refractivity contribution in [2.24, 2.45) is 0 Å². The summed E-state index contributed by atoms with van der Waals surface area (Å²) in [5.41, 5.74) is 0.404. The Balaban J connectivity index is 1.72. The monoisotopic (exact) mass is 343 g/mol. The predicted molar refractivity (Wildman–Crippen MR) is 93.9 cm³/mol. The van der Waals surface area contributed by atoms with Gasteiger partial charge in [-0.1, -0.05) is 18.6 Å². The first-order valence-electron chi connectivity index (χ1n) is 8.83. The molecule has 0 radical (unpaired) electrons. The van der Waals surface area contributed by atoms with E-state index >= 15 is 0 Å². The summed E-state index contributed by atoms with van der Waals surface area (Å²) >= 11 is 0. The molecule has 1 aromatic rings. The van der Waals surface area contributed by atoms with Crippen LogP contribution in [0.15, 0.2) is 24.3 Å². The van der Waals surface area contributed by atoms with Gasteiger partial charge in [0.1, 0.15) is 11.8 Å². The Labute approximate surface area is 148 Å². The zero-order valence-electron chi connectivity index (χ0n) is 14.7. The van der Waals surface area contributed by atoms with Gasteiger partial charge in [-0.15, -0.1) is 0 Å². The number of amides is 2. The lowest BCUT2D eigenvalue weighted by atomic mass is 10.2. The predicted octanol–water partition coefficient (Wildman–Crippen LogP) is 2.23. The molecule has 0 saturated carbocycles. The minimum atomic E-state index is -0.686. The molecular weight excluding hydrogens is 318 g/mol. The molecule has 1 fully saturated rings. The highest BCUT2D eigenvalue weighted by Crippen LogP contribution is 2.18. The van der Waals surface area contributed by atoms with Crippen LogP contribution >= 0.6 is 0 Å². The Morgan fingerprint density at radius 1 is 1.36 bits per heavy atom. The molecule has 1 heterocycles. The number of nitriles is 1. The van der Waals surface area contributed by atoms with Crippen molar-refractivity contribution in [2.75, 3.05) is 19.6 Å². The van der Waals surface area contributed by atoms with Crippen LogP contribution in [0.4, 0.5) is 0 Å². The van der Waals surface area contributed by atoms with Crippen molar-refractivity contribution in [1.82, 2.24) is 10.2 Å². The molecule has 1 N–H and O–H groups in total. The molecule has 25 heavy (non-hydrogen) atoms. The summed E-state index contributed by atoms with van der Waals surface area (Å²) in [7, 11) is 0. The fraction of sp³-hybridized carbons (Fsp3) is 0.526. The molecule has 0 spiro atoms. The Morgan fingerprint density at radius 3 is 2.96 bits per heavy atom. The molecule has 6 nitrogen and oxygen atoms in total. The van der Waals surface area contributed by atoms with Crippen molar-refractivity contribution in [3.05, 3.63) is 29.8 Å². The second-order valence-electron chi connectivity index (χ2n) is 6.20. The van der Waals surface area contributed by atoms with Gasteiger partial charge in [0.05, 0.1) is 5.56 Å². The van der Waals surface area contributed by atoms with E-state index in [4.69, 9.17) is 10.00 Å². The Hall–Kier alpha value is -2.55. The second kappa shape index (κ2) is 9.67. The summed E-state index contributed by atoms with van der Waals surface area (Å²) in [4.78, 5) is 25.9. The standard InChI is InChI=1S/C19H25N3O3/c1-15(25-17-9-5-4-8-16(17)14-20)19(24)21-11-7-13-22-12-6-2-3-10-18(22)23/h4-5,8-9,15H,2-3,6-7,10-13H2,1H3,(H,21,24)/t15-/m0/s1. The Kier molecular flexibility index (Phi) is 7.27. The lowest BCUT2D eigenvalue weighted by Gasteiger charge is -2.21. The highest BCUT2D eigenvalue weighted by molar-refractivity contribution is 5.80. The molecule has 1 atom stereocenters. The zero-order chi connectivity index (χ0) is 18.1. The number of nitrogens with one attached hydrogen (secondary N) is 1. The van der Waals surface area contributed by atoms with Crippen LogP contribution in [0.5, 0.6) is 5.75 Å². The lowest BCUT2D eigenvalue weighted by Crippen LogP contribution is -2.38. The van der Waals surface area contributed by atoms with Gasteiger partial charge in [0, 0.05) is 26.1 Å². The van der Waals surface area contributed by atoms with Gasteiger partial charge in [-0.3, -0.25) is 9.59 Å². The van der Waals surface area contributed by atoms with E-state index in [1.165, 1.54) is 0 Å². The van der Waals surface area contributed by atoms with E-state index in [0.717, 1.165) is 32.2 Å². The number of para-hydroxylation sites is 1. The van der Waals surface area contributed by atoms with Crippen molar-refractivity contribution in [3.63, 3.8) is 0 Å². The van der Waals surface area contributed by atoms with Crippen molar-refractivity contribution in [2.45, 2.75) is 45.1 Å². The zero-order valence-corrected chi connectivity index (χ0v) is 14.7. The maximum atomic E-state index is 12.1. The molecule has 134 valence electrons. The van der Waals surface area contributed by atoms with Crippen LogP contribution in [0.25, 0.3) is 0 Å². The molecule has 1 aliphatic heterocycles. The molecule has 6 heteroatoms. The fourth-order valence-electron chi connectivity index (χ4n) is 2.81. The van der Waals surface area contributed by atoms with Crippen LogP contribution in [-0.2, 0) is 9.59 Å². The van der Waals surface area contributed by atoms with Gasteiger partial charge in [0.15, 0.2) is 6.10 Å². The number of rotatable bonds is 7. The number of carbonyl (C=O) groups is 2. The number of hydrogen-bond acceptors (Lipinski definition) is 4. The van der Waals surface area contributed by atoms with Gasteiger partial charge in [-0.2, -0.15) is 5.26 Å². The minimum absolute atomic E-state index is 0.216. The first-order chi connectivity index (χ1) is 12.1. The van der Waals surface area contributed by atoms with Crippen molar-refractivity contribution in [1.29, 1.82) is 5.26 Å². The lowest BCUT2D eigenvalue weighted by molar-refractivity contribution is -0.130. The third-order valence-electron chi connectivity index (χ3n) is 4.26. The quantitative estimate of drug-likeness (QED) is 0.770. The van der Waals surface area contributed by atoms with Crippen LogP contribution in [0, 0.1) is 11.3 Å². The van der Waals surface area contributed by atoms with Gasteiger partial charge in [0.2, 0.25) is 5.91 Å². The number of ether oxygens (including phenoxy) is 1. The van der Waals surface area contributed by atoms with Crippen LogP contribution < -0.4 is 10.1 Å². The fourth-order valence-corrected chi connectivity index (χ4v) is 2.81.